The number of rotatable bonds is 2. The van der Waals surface area contributed by atoms with E-state index >= 15 is 0 Å². The average molecular weight is 533 g/mol. The van der Waals surface area contributed by atoms with E-state index in [1.807, 2.05) is 19.9 Å². The first-order valence-corrected chi connectivity index (χ1v) is 15.6. The molecular formula is C34H48N2O3. The Morgan fingerprint density at radius 2 is 1.56 bits per heavy atom. The molecule has 5 fully saturated rings. The van der Waals surface area contributed by atoms with Crippen molar-refractivity contribution in [3.8, 4) is 6.07 Å². The number of nitrogens with zero attached hydrogens (tertiary/aromatic N) is 1. The highest BCUT2D eigenvalue weighted by Gasteiger charge is 2.72. The van der Waals surface area contributed by atoms with Crippen LogP contribution < -0.4 is 5.32 Å². The zero-order valence-corrected chi connectivity index (χ0v) is 25.2. The molecule has 8 atom stereocenters. The molecule has 1 N–H and O–H groups in total. The molecule has 6 aliphatic carbocycles. The third-order valence-electron chi connectivity index (χ3n) is 13.8. The molecule has 0 bridgehead atoms. The van der Waals surface area contributed by atoms with Gasteiger partial charge >= 0.3 is 0 Å². The van der Waals surface area contributed by atoms with Crippen LogP contribution in [0.1, 0.15) is 113 Å². The molecule has 0 heterocycles. The Kier molecular flexibility index (Phi) is 5.63. The van der Waals surface area contributed by atoms with Crippen molar-refractivity contribution in [2.75, 3.05) is 0 Å². The molecule has 39 heavy (non-hydrogen) atoms. The van der Waals surface area contributed by atoms with E-state index in [1.54, 1.807) is 0 Å². The number of hydrogen-bond acceptors (Lipinski definition) is 4. The minimum atomic E-state index is -0.612. The molecule has 5 heteroatoms. The van der Waals surface area contributed by atoms with E-state index in [4.69, 9.17) is 0 Å². The summed E-state index contributed by atoms with van der Waals surface area (Å²) in [7, 11) is 0. The molecule has 3 unspecified atom stereocenters. The smallest absolute Gasteiger partial charge is 0.223 e. The Hall–Kier alpha value is -1.96. The number of nitrogens with one attached hydrogen (secondary N) is 1. The normalized spacial score (nSPS) is 47.9. The van der Waals surface area contributed by atoms with Crippen molar-refractivity contribution in [1.82, 2.24) is 5.32 Å². The minimum absolute atomic E-state index is 0.0411. The van der Waals surface area contributed by atoms with Gasteiger partial charge in [0, 0.05) is 29.2 Å². The molecule has 6 rings (SSSR count). The first-order chi connectivity index (χ1) is 18.0. The lowest BCUT2D eigenvalue weighted by Gasteiger charge is -2.72. The Morgan fingerprint density at radius 1 is 0.897 bits per heavy atom. The van der Waals surface area contributed by atoms with Gasteiger partial charge in [0.25, 0.3) is 0 Å². The van der Waals surface area contributed by atoms with Crippen LogP contribution in [0.4, 0.5) is 0 Å². The second kappa shape index (κ2) is 8.07. The zero-order chi connectivity index (χ0) is 28.4. The van der Waals surface area contributed by atoms with Gasteiger partial charge in [0.2, 0.25) is 5.91 Å². The number of ketones is 2. The Bertz CT molecular complexity index is 1220. The minimum Gasteiger partial charge on any atom is -0.350 e. The van der Waals surface area contributed by atoms with Crippen LogP contribution in [0, 0.1) is 68.0 Å². The molecule has 0 radical (unpaired) electrons. The van der Waals surface area contributed by atoms with E-state index < -0.39 is 5.41 Å². The average Bonchev–Trinajstić information content (AvgIpc) is 3.69. The van der Waals surface area contributed by atoms with Crippen molar-refractivity contribution in [2.24, 2.45) is 56.7 Å². The number of allylic oxidation sites excluding steroid dienone is 2. The van der Waals surface area contributed by atoms with E-state index in [2.05, 4.69) is 46.0 Å². The Morgan fingerprint density at radius 3 is 2.21 bits per heavy atom. The van der Waals surface area contributed by atoms with Crippen LogP contribution in [-0.2, 0) is 14.4 Å². The standard InChI is InChI=1S/C34H48N2O3/c1-29(2)12-14-34(36-28(39)20-8-9-20)15-13-33(7)26(22(34)18-29)23(37)16-25-31(5)17-21(19-35)27(38)30(3,4)24(31)10-11-32(25,33)6/h17,20,22,24-26H,8-16,18H2,1-7H3,(H,36,39)/t22?,24?,25?,26-,31-,32+,33+,34-/m0/s1. The van der Waals surface area contributed by atoms with Gasteiger partial charge in [0.1, 0.15) is 11.9 Å². The van der Waals surface area contributed by atoms with E-state index in [0.717, 1.165) is 57.8 Å². The summed E-state index contributed by atoms with van der Waals surface area (Å²) in [6.45, 7) is 15.8. The quantitative estimate of drug-likeness (QED) is 0.436. The van der Waals surface area contributed by atoms with Gasteiger partial charge < -0.3 is 5.32 Å². The molecule has 0 aromatic carbocycles. The summed E-state index contributed by atoms with van der Waals surface area (Å²) in [4.78, 5) is 41.1. The predicted octanol–water partition coefficient (Wildman–Crippen LogP) is 6.56. The van der Waals surface area contributed by atoms with Gasteiger partial charge in [-0.25, -0.2) is 0 Å². The monoisotopic (exact) mass is 532 g/mol. The topological polar surface area (TPSA) is 87.0 Å². The summed E-state index contributed by atoms with van der Waals surface area (Å²) < 4.78 is 0. The highest BCUT2D eigenvalue weighted by atomic mass is 16.2. The number of fused-ring (bicyclic) bond motifs is 7. The molecule has 0 aromatic heterocycles. The molecule has 212 valence electrons. The summed E-state index contributed by atoms with van der Waals surface area (Å²) in [6, 6.07) is 2.22. The molecule has 1 amide bonds. The van der Waals surface area contributed by atoms with Crippen molar-refractivity contribution < 1.29 is 14.4 Å². The van der Waals surface area contributed by atoms with Crippen LogP contribution in [0.25, 0.3) is 0 Å². The van der Waals surface area contributed by atoms with Gasteiger partial charge in [-0.15, -0.1) is 0 Å². The maximum atomic E-state index is 14.6. The Labute approximate surface area is 234 Å². The third-order valence-corrected chi connectivity index (χ3v) is 13.8. The molecule has 0 aromatic rings. The van der Waals surface area contributed by atoms with Crippen LogP contribution in [-0.4, -0.2) is 23.0 Å². The van der Waals surface area contributed by atoms with Crippen LogP contribution in [0.5, 0.6) is 0 Å². The fourth-order valence-corrected chi connectivity index (χ4v) is 11.2. The predicted molar refractivity (Wildman–Crippen MR) is 150 cm³/mol. The lowest BCUT2D eigenvalue weighted by atomic mass is 9.32. The SMILES string of the molecule is CC1(C)CC[C@]2(NC(=O)C3CC3)CC[C@]3(C)[C@H](C(=O)CC4[C@@]5(C)C=C(C#N)C(=O)C(C)(C)C5CC[C@]43C)C2C1. The Balaban J connectivity index is 1.44. The van der Waals surface area contributed by atoms with Gasteiger partial charge in [-0.3, -0.25) is 14.4 Å². The summed E-state index contributed by atoms with van der Waals surface area (Å²) in [5.41, 5.74) is -1.10. The number of Topliss-reactive ketones (excluding diaryl/α,β-unsaturated/α-hetero) is 2. The molecule has 5 saturated carbocycles. The number of nitriles is 1. The van der Waals surface area contributed by atoms with E-state index in [0.29, 0.717) is 12.2 Å². The molecule has 6 aliphatic rings. The molecule has 0 saturated heterocycles. The maximum absolute atomic E-state index is 14.6. The maximum Gasteiger partial charge on any atom is 0.223 e. The molecule has 0 spiro atoms. The summed E-state index contributed by atoms with van der Waals surface area (Å²) in [5, 5.41) is 13.5. The molecule has 5 nitrogen and oxygen atoms in total. The van der Waals surface area contributed by atoms with Gasteiger partial charge in [-0.05, 0) is 97.2 Å². The third kappa shape index (κ3) is 3.51. The van der Waals surface area contributed by atoms with Crippen molar-refractivity contribution >= 4 is 17.5 Å². The van der Waals surface area contributed by atoms with Crippen molar-refractivity contribution in [2.45, 2.75) is 118 Å². The van der Waals surface area contributed by atoms with Crippen LogP contribution in [0.2, 0.25) is 0 Å². The van der Waals surface area contributed by atoms with Crippen LogP contribution >= 0.6 is 0 Å². The fraction of sp³-hybridized carbons (Fsp3) is 0.824. The lowest BCUT2D eigenvalue weighted by molar-refractivity contribution is -0.215. The first kappa shape index (κ1) is 27.2. The highest BCUT2D eigenvalue weighted by molar-refractivity contribution is 6.04. The van der Waals surface area contributed by atoms with E-state index in [9.17, 15) is 19.6 Å². The lowest BCUT2D eigenvalue weighted by Crippen LogP contribution is -2.72. The second-order valence-corrected chi connectivity index (χ2v) is 16.6. The van der Waals surface area contributed by atoms with E-state index in [-0.39, 0.29) is 74.1 Å². The van der Waals surface area contributed by atoms with Crippen molar-refractivity contribution in [3.05, 3.63) is 11.6 Å². The van der Waals surface area contributed by atoms with Crippen LogP contribution in [0.3, 0.4) is 0 Å². The van der Waals surface area contributed by atoms with Crippen molar-refractivity contribution in [3.63, 3.8) is 0 Å². The second-order valence-electron chi connectivity index (χ2n) is 16.6. The highest BCUT2D eigenvalue weighted by Crippen LogP contribution is 2.74. The number of amides is 1. The largest absolute Gasteiger partial charge is 0.350 e. The van der Waals surface area contributed by atoms with Gasteiger partial charge in [0.15, 0.2) is 5.78 Å². The van der Waals surface area contributed by atoms with Crippen LogP contribution in [0.15, 0.2) is 11.6 Å². The first-order valence-electron chi connectivity index (χ1n) is 15.6. The molecule has 0 aliphatic heterocycles. The fourth-order valence-electron chi connectivity index (χ4n) is 11.2. The molecular weight excluding hydrogens is 484 g/mol. The van der Waals surface area contributed by atoms with Gasteiger partial charge in [-0.2, -0.15) is 5.26 Å². The van der Waals surface area contributed by atoms with Gasteiger partial charge in [-0.1, -0.05) is 54.5 Å². The number of carbonyl (C=O) groups is 3. The number of carbonyl (C=O) groups excluding carboxylic acids is 3. The zero-order valence-electron chi connectivity index (χ0n) is 25.2. The summed E-state index contributed by atoms with van der Waals surface area (Å²) in [6.07, 6.45) is 11.3. The summed E-state index contributed by atoms with van der Waals surface area (Å²) >= 11 is 0. The number of hydrogen-bond donors (Lipinski definition) is 1. The van der Waals surface area contributed by atoms with Crippen molar-refractivity contribution in [1.29, 1.82) is 5.26 Å². The summed E-state index contributed by atoms with van der Waals surface area (Å²) in [5.74, 6) is 1.01. The van der Waals surface area contributed by atoms with E-state index in [1.165, 1.54) is 0 Å². The van der Waals surface area contributed by atoms with Gasteiger partial charge in [0.05, 0.1) is 5.57 Å².